The van der Waals surface area contributed by atoms with Crippen molar-refractivity contribution in [2.75, 3.05) is 18.9 Å². The fourth-order valence-electron chi connectivity index (χ4n) is 4.69. The Balaban J connectivity index is 1.23. The quantitative estimate of drug-likeness (QED) is 0.401. The van der Waals surface area contributed by atoms with E-state index in [2.05, 4.69) is 15.0 Å². The first-order valence-electron chi connectivity index (χ1n) is 11.0. The van der Waals surface area contributed by atoms with Gasteiger partial charge in [-0.2, -0.15) is 0 Å². The highest BCUT2D eigenvalue weighted by molar-refractivity contribution is 7.48. The second kappa shape index (κ2) is 8.25. The molecular formula is C21H22N5O8P. The molecule has 3 aliphatic rings. The molecule has 35 heavy (non-hydrogen) atoms. The van der Waals surface area contributed by atoms with E-state index < -0.39 is 44.1 Å². The van der Waals surface area contributed by atoms with Crippen LogP contribution in [-0.4, -0.2) is 56.7 Å². The number of ether oxygens (including phenoxy) is 3. The highest BCUT2D eigenvalue weighted by atomic mass is 31.2. The maximum absolute atomic E-state index is 13.2. The fraction of sp³-hybridized carbons (Fsp3) is 0.429. The van der Waals surface area contributed by atoms with E-state index in [0.717, 1.165) is 5.56 Å². The summed E-state index contributed by atoms with van der Waals surface area (Å²) >= 11 is 0. The van der Waals surface area contributed by atoms with Crippen LogP contribution >= 0.6 is 7.82 Å². The number of carbonyl (C=O) groups is 1. The molecule has 6 atom stereocenters. The van der Waals surface area contributed by atoms with E-state index >= 15 is 0 Å². The number of nitrogens with two attached hydrogens (primary N) is 1. The average molecular weight is 503 g/mol. The molecule has 0 radical (unpaired) electrons. The number of anilines is 1. The van der Waals surface area contributed by atoms with Crippen molar-refractivity contribution in [2.45, 2.75) is 43.5 Å². The van der Waals surface area contributed by atoms with E-state index in [1.165, 1.54) is 6.33 Å². The lowest BCUT2D eigenvalue weighted by atomic mass is 9.96. The molecule has 0 aromatic carbocycles. The summed E-state index contributed by atoms with van der Waals surface area (Å²) in [5, 5.41) is 0.622. The number of phosphoric acid groups is 1. The van der Waals surface area contributed by atoms with Gasteiger partial charge in [0.1, 0.15) is 23.9 Å². The molecule has 3 aromatic rings. The summed E-state index contributed by atoms with van der Waals surface area (Å²) in [6.07, 6.45) is 3.03. The molecule has 3 aromatic heterocycles. The summed E-state index contributed by atoms with van der Waals surface area (Å²) in [5.41, 5.74) is 6.06. The highest BCUT2D eigenvalue weighted by Gasteiger charge is 2.64. The predicted octanol–water partition coefficient (Wildman–Crippen LogP) is 2.90. The van der Waals surface area contributed by atoms with Crippen molar-refractivity contribution in [1.29, 1.82) is 0 Å². The number of fused-ring (bicyclic) bond motifs is 2. The lowest BCUT2D eigenvalue weighted by molar-refractivity contribution is -0.0923. The van der Waals surface area contributed by atoms with Gasteiger partial charge in [0.2, 0.25) is 0 Å². The first kappa shape index (κ1) is 22.4. The van der Waals surface area contributed by atoms with Gasteiger partial charge in [-0.05, 0) is 30.7 Å². The molecule has 0 unspecified atom stereocenters. The molecule has 3 fully saturated rings. The molecule has 3 saturated heterocycles. The number of rotatable bonds is 5. The molecule has 0 bridgehead atoms. The zero-order valence-corrected chi connectivity index (χ0v) is 19.4. The largest absolute Gasteiger partial charge is 0.509 e. The zero-order valence-electron chi connectivity index (χ0n) is 18.6. The summed E-state index contributed by atoms with van der Waals surface area (Å²) in [6, 6.07) is 5.31. The van der Waals surface area contributed by atoms with Crippen molar-refractivity contribution >= 4 is 30.8 Å². The van der Waals surface area contributed by atoms with Gasteiger partial charge < -0.3 is 24.5 Å². The number of nitrogens with zero attached hydrogens (tertiary/aromatic N) is 4. The van der Waals surface area contributed by atoms with Crippen LogP contribution in [0.2, 0.25) is 0 Å². The Morgan fingerprint density at radius 1 is 1.29 bits per heavy atom. The van der Waals surface area contributed by atoms with Gasteiger partial charge in [-0.25, -0.2) is 19.3 Å². The van der Waals surface area contributed by atoms with Gasteiger partial charge >= 0.3 is 14.0 Å². The number of nitrogen functional groups attached to an aromatic ring is 1. The molecule has 0 amide bonds. The fourth-order valence-corrected chi connectivity index (χ4v) is 6.08. The first-order chi connectivity index (χ1) is 16.9. The van der Waals surface area contributed by atoms with Crippen LogP contribution in [0.3, 0.4) is 0 Å². The van der Waals surface area contributed by atoms with Crippen LogP contribution < -0.4 is 5.73 Å². The van der Waals surface area contributed by atoms with Gasteiger partial charge in [0, 0.05) is 25.0 Å². The Morgan fingerprint density at radius 3 is 2.94 bits per heavy atom. The summed E-state index contributed by atoms with van der Waals surface area (Å²) in [5.74, 6) is 0.307. The van der Waals surface area contributed by atoms with Crippen LogP contribution in [0, 0.1) is 0 Å². The van der Waals surface area contributed by atoms with E-state index in [4.69, 9.17) is 33.5 Å². The standard InChI is InChI=1S/C21H22N5O8P/c1-21-16(32-20(27)33-21)15(31-19(21)26-8-4-13-17(22)24-11-25-18(13)26)10-30-35(28)29-9-5-14(34-35)12-2-6-23-7-3-12/h2-4,6-8,11,14-16,19H,5,9-10H2,1H3,(H2,22,24,25)/t14-,15+,16+,19+,21+,35+/m0/s1. The van der Waals surface area contributed by atoms with E-state index in [9.17, 15) is 9.36 Å². The Bertz CT molecular complexity index is 1320. The number of hydrogen-bond acceptors (Lipinski definition) is 12. The van der Waals surface area contributed by atoms with Crippen LogP contribution in [-0.2, 0) is 32.3 Å². The lowest BCUT2D eigenvalue weighted by Crippen LogP contribution is -2.42. The third kappa shape index (κ3) is 3.76. The Hall–Kier alpha value is -3.09. The second-order valence-corrected chi connectivity index (χ2v) is 10.2. The molecule has 6 rings (SSSR count). The smallest absolute Gasteiger partial charge is 0.424 e. The van der Waals surface area contributed by atoms with Gasteiger partial charge in [0.25, 0.3) is 0 Å². The third-order valence-corrected chi connectivity index (χ3v) is 7.85. The molecule has 184 valence electrons. The van der Waals surface area contributed by atoms with Gasteiger partial charge in [-0.15, -0.1) is 0 Å². The average Bonchev–Trinajstić information content (AvgIpc) is 3.48. The predicted molar refractivity (Wildman–Crippen MR) is 118 cm³/mol. The van der Waals surface area contributed by atoms with Crippen LogP contribution in [0.15, 0.2) is 43.1 Å². The van der Waals surface area contributed by atoms with Crippen molar-refractivity contribution in [2.24, 2.45) is 0 Å². The molecule has 3 aliphatic heterocycles. The van der Waals surface area contributed by atoms with Crippen LogP contribution in [0.1, 0.15) is 31.2 Å². The SMILES string of the molecule is C[C@@]12OC(=O)O[C@@H]1[C@@H](CO[P@@]1(=O)OCC[C@@H](c3ccncc3)O1)O[C@H]2n1ccc2c(N)ncnc21. The lowest BCUT2D eigenvalue weighted by Gasteiger charge is -2.29. The Labute approximate surface area is 199 Å². The van der Waals surface area contributed by atoms with Crippen LogP contribution in [0.25, 0.3) is 11.0 Å². The molecule has 13 nitrogen and oxygen atoms in total. The van der Waals surface area contributed by atoms with E-state index in [0.29, 0.717) is 23.3 Å². The topological polar surface area (TPSA) is 159 Å². The van der Waals surface area contributed by atoms with Gasteiger partial charge in [0.15, 0.2) is 17.9 Å². The number of phosphoric ester groups is 1. The molecule has 14 heteroatoms. The van der Waals surface area contributed by atoms with Crippen LogP contribution in [0.4, 0.5) is 10.6 Å². The number of aromatic nitrogens is 4. The van der Waals surface area contributed by atoms with Crippen molar-refractivity contribution in [1.82, 2.24) is 19.5 Å². The van der Waals surface area contributed by atoms with Crippen molar-refractivity contribution in [3.63, 3.8) is 0 Å². The van der Waals surface area contributed by atoms with Crippen molar-refractivity contribution in [3.8, 4) is 0 Å². The molecule has 0 aliphatic carbocycles. The van der Waals surface area contributed by atoms with Crippen molar-refractivity contribution < 1.29 is 37.1 Å². The molecule has 2 N–H and O–H groups in total. The first-order valence-corrected chi connectivity index (χ1v) is 12.4. The normalized spacial score (nSPS) is 34.5. The number of carbonyl (C=O) groups excluding carboxylic acids is 1. The second-order valence-electron chi connectivity index (χ2n) is 8.56. The minimum atomic E-state index is -3.91. The van der Waals surface area contributed by atoms with Gasteiger partial charge in [0.05, 0.1) is 24.7 Å². The minimum Gasteiger partial charge on any atom is -0.424 e. The summed E-state index contributed by atoms with van der Waals surface area (Å²) in [4.78, 5) is 24.4. The zero-order chi connectivity index (χ0) is 24.2. The third-order valence-electron chi connectivity index (χ3n) is 6.38. The number of hydrogen-bond donors (Lipinski definition) is 1. The summed E-state index contributed by atoms with van der Waals surface area (Å²) in [6.45, 7) is 1.65. The molecular weight excluding hydrogens is 481 g/mol. The van der Waals surface area contributed by atoms with E-state index in [-0.39, 0.29) is 13.2 Å². The van der Waals surface area contributed by atoms with E-state index in [1.54, 1.807) is 48.3 Å². The molecule has 0 saturated carbocycles. The Morgan fingerprint density at radius 2 is 2.11 bits per heavy atom. The summed E-state index contributed by atoms with van der Waals surface area (Å²) < 4.78 is 48.8. The maximum Gasteiger partial charge on any atom is 0.509 e. The minimum absolute atomic E-state index is 0.189. The monoisotopic (exact) mass is 503 g/mol. The highest BCUT2D eigenvalue weighted by Crippen LogP contribution is 2.58. The van der Waals surface area contributed by atoms with Gasteiger partial charge in [-0.3, -0.25) is 18.6 Å². The van der Waals surface area contributed by atoms with Crippen LogP contribution in [0.5, 0.6) is 0 Å². The number of pyridine rings is 1. The summed E-state index contributed by atoms with van der Waals surface area (Å²) in [7, 11) is -3.91. The Kier molecular flexibility index (Phi) is 5.27. The molecule has 6 heterocycles. The molecule has 0 spiro atoms. The maximum atomic E-state index is 13.2. The van der Waals surface area contributed by atoms with Gasteiger partial charge in [-0.1, -0.05) is 0 Å². The van der Waals surface area contributed by atoms with E-state index in [1.807, 2.05) is 0 Å². The van der Waals surface area contributed by atoms with Crippen molar-refractivity contribution in [3.05, 3.63) is 48.7 Å².